The average molecular weight is 299 g/mol. The zero-order valence-electron chi connectivity index (χ0n) is 10.1. The van der Waals surface area contributed by atoms with E-state index in [0.717, 1.165) is 35.1 Å². The quantitative estimate of drug-likeness (QED) is 0.826. The van der Waals surface area contributed by atoms with Gasteiger partial charge in [0.1, 0.15) is 0 Å². The fraction of sp³-hybridized carbons (Fsp3) is 0.538. The number of halogens is 1. The number of hydrogen-bond donors (Lipinski definition) is 2. The van der Waals surface area contributed by atoms with Crippen molar-refractivity contribution in [3.63, 3.8) is 0 Å². The van der Waals surface area contributed by atoms with Crippen LogP contribution in [0.5, 0.6) is 0 Å². The summed E-state index contributed by atoms with van der Waals surface area (Å²) in [6, 6.07) is 6.02. The van der Waals surface area contributed by atoms with E-state index < -0.39 is 0 Å². The molecule has 0 aromatic heterocycles. The second kappa shape index (κ2) is 5.27. The number of nitrogen functional groups attached to an aromatic ring is 1. The topological polar surface area (TPSA) is 49.5 Å². The smallest absolute Gasteiger partial charge is 0.0743 e. The van der Waals surface area contributed by atoms with E-state index in [2.05, 4.69) is 20.8 Å². The van der Waals surface area contributed by atoms with Gasteiger partial charge in [-0.2, -0.15) is 0 Å². The molecule has 2 rings (SSSR count). The van der Waals surface area contributed by atoms with Crippen molar-refractivity contribution >= 4 is 27.3 Å². The average Bonchev–Trinajstić information content (AvgIpc) is 2.32. The predicted octanol–water partition coefficient (Wildman–Crippen LogP) is 2.77. The molecule has 1 fully saturated rings. The molecular weight excluding hydrogens is 280 g/mol. The van der Waals surface area contributed by atoms with Gasteiger partial charge in [-0.1, -0.05) is 28.8 Å². The van der Waals surface area contributed by atoms with Gasteiger partial charge in [0, 0.05) is 11.5 Å². The van der Waals surface area contributed by atoms with Gasteiger partial charge in [0.05, 0.1) is 23.5 Å². The molecule has 0 spiro atoms. The zero-order valence-corrected chi connectivity index (χ0v) is 11.7. The third-order valence-corrected chi connectivity index (χ3v) is 4.06. The Morgan fingerprint density at radius 3 is 2.76 bits per heavy atom. The number of hydrogen-bond acceptors (Lipinski definition) is 3. The summed E-state index contributed by atoms with van der Waals surface area (Å²) >= 11 is 3.46. The van der Waals surface area contributed by atoms with Gasteiger partial charge in [-0.3, -0.25) is 0 Å². The molecule has 4 heteroatoms. The molecule has 0 radical (unpaired) electrons. The van der Waals surface area contributed by atoms with Crippen LogP contribution in [0.25, 0.3) is 0 Å². The van der Waals surface area contributed by atoms with Gasteiger partial charge >= 0.3 is 0 Å². The Morgan fingerprint density at radius 1 is 1.35 bits per heavy atom. The summed E-state index contributed by atoms with van der Waals surface area (Å²) in [4.78, 5) is 2.12. The van der Waals surface area contributed by atoms with Gasteiger partial charge < -0.3 is 15.7 Å². The van der Waals surface area contributed by atoms with E-state index in [1.54, 1.807) is 0 Å². The number of likely N-dealkylation sites (N-methyl/N-ethyl adjacent to an activating group) is 1. The molecule has 0 saturated heterocycles. The summed E-state index contributed by atoms with van der Waals surface area (Å²) in [7, 11) is 2.01. The normalized spacial score (nSPS) is 24.6. The van der Waals surface area contributed by atoms with Crippen LogP contribution in [0.3, 0.4) is 0 Å². The number of anilines is 2. The minimum absolute atomic E-state index is 0.181. The lowest BCUT2D eigenvalue weighted by Crippen LogP contribution is -2.43. The van der Waals surface area contributed by atoms with Crippen LogP contribution in [0.2, 0.25) is 0 Å². The summed E-state index contributed by atoms with van der Waals surface area (Å²) < 4.78 is 1.01. The maximum absolute atomic E-state index is 10.1. The molecule has 1 saturated carbocycles. The van der Waals surface area contributed by atoms with Crippen LogP contribution in [-0.4, -0.2) is 24.3 Å². The third kappa shape index (κ3) is 2.75. The molecule has 3 N–H and O–H groups in total. The Labute approximate surface area is 111 Å². The van der Waals surface area contributed by atoms with Crippen LogP contribution in [0.15, 0.2) is 22.7 Å². The van der Waals surface area contributed by atoms with E-state index in [1.165, 1.54) is 6.42 Å². The van der Waals surface area contributed by atoms with Crippen molar-refractivity contribution < 1.29 is 5.11 Å². The standard InChI is InChI=1S/C13H19BrN2O/c1-16(11-4-2-3-5-13(11)17)12-8-9(14)6-7-10(12)15/h6-8,11,13,17H,2-5,15H2,1H3. The highest BCUT2D eigenvalue weighted by Gasteiger charge is 2.27. The van der Waals surface area contributed by atoms with Gasteiger partial charge in [0.25, 0.3) is 0 Å². The number of benzene rings is 1. The molecule has 0 heterocycles. The molecule has 1 aliphatic carbocycles. The van der Waals surface area contributed by atoms with Crippen molar-refractivity contribution in [2.75, 3.05) is 17.7 Å². The maximum Gasteiger partial charge on any atom is 0.0743 e. The summed E-state index contributed by atoms with van der Waals surface area (Å²) in [6.07, 6.45) is 3.98. The Balaban J connectivity index is 2.23. The first-order valence-corrected chi connectivity index (χ1v) is 6.85. The van der Waals surface area contributed by atoms with Crippen molar-refractivity contribution in [2.45, 2.75) is 37.8 Å². The van der Waals surface area contributed by atoms with Gasteiger partial charge in [0.15, 0.2) is 0 Å². The summed E-state index contributed by atoms with van der Waals surface area (Å²) in [5, 5.41) is 10.1. The van der Waals surface area contributed by atoms with E-state index in [9.17, 15) is 5.11 Å². The van der Waals surface area contributed by atoms with Crippen LogP contribution in [0.1, 0.15) is 25.7 Å². The number of aliphatic hydroxyl groups is 1. The largest absolute Gasteiger partial charge is 0.397 e. The molecule has 17 heavy (non-hydrogen) atoms. The Bertz CT molecular complexity index is 397. The van der Waals surface area contributed by atoms with Gasteiger partial charge in [-0.15, -0.1) is 0 Å². The second-order valence-electron chi connectivity index (χ2n) is 4.73. The third-order valence-electron chi connectivity index (χ3n) is 3.56. The molecule has 1 aromatic carbocycles. The SMILES string of the molecule is CN(c1cc(Br)ccc1N)C1CCCCC1O. The first-order chi connectivity index (χ1) is 8.09. The van der Waals surface area contributed by atoms with E-state index in [4.69, 9.17) is 5.73 Å². The lowest BCUT2D eigenvalue weighted by Gasteiger charge is -2.37. The van der Waals surface area contributed by atoms with Gasteiger partial charge in [-0.05, 0) is 31.0 Å². The van der Waals surface area contributed by atoms with Crippen LogP contribution >= 0.6 is 15.9 Å². The monoisotopic (exact) mass is 298 g/mol. The molecule has 1 aromatic rings. The molecule has 0 amide bonds. The lowest BCUT2D eigenvalue weighted by atomic mass is 9.91. The highest BCUT2D eigenvalue weighted by Crippen LogP contribution is 2.31. The molecular formula is C13H19BrN2O. The fourth-order valence-electron chi connectivity index (χ4n) is 2.54. The Morgan fingerprint density at radius 2 is 2.06 bits per heavy atom. The zero-order chi connectivity index (χ0) is 12.4. The number of nitrogens with zero attached hydrogens (tertiary/aromatic N) is 1. The van der Waals surface area contributed by atoms with Crippen LogP contribution in [-0.2, 0) is 0 Å². The summed E-state index contributed by atoms with van der Waals surface area (Å²) in [6.45, 7) is 0. The number of rotatable bonds is 2. The summed E-state index contributed by atoms with van der Waals surface area (Å²) in [5.74, 6) is 0. The van der Waals surface area contributed by atoms with Crippen molar-refractivity contribution in [1.82, 2.24) is 0 Å². The fourth-order valence-corrected chi connectivity index (χ4v) is 2.89. The highest BCUT2D eigenvalue weighted by atomic mass is 79.9. The van der Waals surface area contributed by atoms with E-state index >= 15 is 0 Å². The van der Waals surface area contributed by atoms with Crippen LogP contribution in [0.4, 0.5) is 11.4 Å². The Hall–Kier alpha value is -0.740. The summed E-state index contributed by atoms with van der Waals surface area (Å²) in [5.41, 5.74) is 7.75. The van der Waals surface area contributed by atoms with Crippen molar-refractivity contribution in [3.05, 3.63) is 22.7 Å². The first kappa shape index (κ1) is 12.7. The van der Waals surface area contributed by atoms with Gasteiger partial charge in [0.2, 0.25) is 0 Å². The highest BCUT2D eigenvalue weighted by molar-refractivity contribution is 9.10. The first-order valence-electron chi connectivity index (χ1n) is 6.05. The molecule has 1 aliphatic rings. The molecule has 2 atom stereocenters. The van der Waals surface area contributed by atoms with E-state index in [1.807, 2.05) is 25.2 Å². The lowest BCUT2D eigenvalue weighted by molar-refractivity contribution is 0.106. The van der Waals surface area contributed by atoms with E-state index in [0.29, 0.717) is 0 Å². The molecule has 2 unspecified atom stereocenters. The number of aliphatic hydroxyl groups excluding tert-OH is 1. The van der Waals surface area contributed by atoms with Gasteiger partial charge in [-0.25, -0.2) is 0 Å². The predicted molar refractivity (Wildman–Crippen MR) is 75.2 cm³/mol. The van der Waals surface area contributed by atoms with Crippen molar-refractivity contribution in [1.29, 1.82) is 0 Å². The minimum Gasteiger partial charge on any atom is -0.397 e. The second-order valence-corrected chi connectivity index (χ2v) is 5.65. The molecule has 3 nitrogen and oxygen atoms in total. The maximum atomic E-state index is 10.1. The van der Waals surface area contributed by atoms with Crippen molar-refractivity contribution in [3.8, 4) is 0 Å². The Kier molecular flexibility index (Phi) is 3.94. The van der Waals surface area contributed by atoms with Crippen molar-refractivity contribution in [2.24, 2.45) is 0 Å². The van der Waals surface area contributed by atoms with Crippen LogP contribution in [0, 0.1) is 0 Å². The van der Waals surface area contributed by atoms with E-state index in [-0.39, 0.29) is 12.1 Å². The van der Waals surface area contributed by atoms with Crippen LogP contribution < -0.4 is 10.6 Å². The molecule has 0 aliphatic heterocycles. The molecule has 94 valence electrons. The molecule has 0 bridgehead atoms. The number of nitrogens with two attached hydrogens (primary N) is 1. The minimum atomic E-state index is -0.243.